The first kappa shape index (κ1) is 17.8. The summed E-state index contributed by atoms with van der Waals surface area (Å²) in [6.07, 6.45) is 0.0726. The Kier molecular flexibility index (Phi) is 6.05. The molecule has 1 aromatic carbocycles. The van der Waals surface area contributed by atoms with Crippen molar-refractivity contribution in [3.63, 3.8) is 0 Å². The van der Waals surface area contributed by atoms with Gasteiger partial charge in [-0.05, 0) is 45.4 Å². The number of rotatable bonds is 4. The molecule has 0 heterocycles. The fourth-order valence-electron chi connectivity index (χ4n) is 1.58. The summed E-state index contributed by atoms with van der Waals surface area (Å²) in [4.78, 5) is 23.7. The second kappa shape index (κ2) is 7.14. The highest BCUT2D eigenvalue weighted by Gasteiger charge is 2.23. The summed E-state index contributed by atoms with van der Waals surface area (Å²) >= 11 is 11.8. The normalized spacial score (nSPS) is 12.7. The third-order valence-electron chi connectivity index (χ3n) is 2.50. The van der Waals surface area contributed by atoms with Gasteiger partial charge in [-0.3, -0.25) is 4.79 Å². The molecule has 0 spiro atoms. The van der Waals surface area contributed by atoms with Crippen LogP contribution in [0.5, 0.6) is 0 Å². The quantitative estimate of drug-likeness (QED) is 0.860. The third kappa shape index (κ3) is 6.36. The van der Waals surface area contributed by atoms with Crippen LogP contribution < -0.4 is 5.32 Å². The lowest BCUT2D eigenvalue weighted by Crippen LogP contribution is -2.42. The van der Waals surface area contributed by atoms with E-state index in [0.717, 1.165) is 0 Å². The van der Waals surface area contributed by atoms with Gasteiger partial charge in [-0.1, -0.05) is 29.3 Å². The minimum absolute atomic E-state index is 0.0726. The van der Waals surface area contributed by atoms with E-state index < -0.39 is 17.6 Å². The van der Waals surface area contributed by atoms with Gasteiger partial charge in [0.25, 0.3) is 0 Å². The summed E-state index contributed by atoms with van der Waals surface area (Å²) in [6, 6.07) is 4.20. The van der Waals surface area contributed by atoms with E-state index >= 15 is 0 Å². The highest BCUT2D eigenvalue weighted by molar-refractivity contribution is 6.35. The molecule has 0 bridgehead atoms. The second-order valence-electron chi connectivity index (χ2n) is 5.74. The molecule has 21 heavy (non-hydrogen) atoms. The Balaban J connectivity index is 2.59. The molecule has 0 aliphatic heterocycles. The van der Waals surface area contributed by atoms with E-state index in [1.165, 1.54) is 0 Å². The predicted molar refractivity (Wildman–Crippen MR) is 83.6 cm³/mol. The van der Waals surface area contributed by atoms with Gasteiger partial charge in [-0.15, -0.1) is 0 Å². The molecule has 116 valence electrons. The standard InChI is InChI=1S/C15H19Cl2NO3/c1-9(14(20)21-15(2,3)4)18-13(19)7-10-5-6-11(16)8-12(10)17/h5-6,8-9H,7H2,1-4H3,(H,18,19)/t9-/m1/s1. The molecule has 0 aliphatic carbocycles. The number of ether oxygens (including phenoxy) is 1. The van der Waals surface area contributed by atoms with E-state index in [0.29, 0.717) is 15.6 Å². The minimum atomic E-state index is -0.720. The molecule has 0 fully saturated rings. The highest BCUT2D eigenvalue weighted by atomic mass is 35.5. The van der Waals surface area contributed by atoms with Crippen LogP contribution in [0.2, 0.25) is 10.0 Å². The Bertz CT molecular complexity index is 538. The van der Waals surface area contributed by atoms with Crippen molar-refractivity contribution in [3.05, 3.63) is 33.8 Å². The largest absolute Gasteiger partial charge is 0.458 e. The van der Waals surface area contributed by atoms with Crippen LogP contribution in [0.1, 0.15) is 33.3 Å². The molecule has 1 rings (SSSR count). The Hall–Kier alpha value is -1.26. The van der Waals surface area contributed by atoms with Crippen molar-refractivity contribution in [2.75, 3.05) is 0 Å². The fourth-order valence-corrected chi connectivity index (χ4v) is 2.05. The van der Waals surface area contributed by atoms with Gasteiger partial charge < -0.3 is 10.1 Å². The smallest absolute Gasteiger partial charge is 0.328 e. The molecule has 4 nitrogen and oxygen atoms in total. The lowest BCUT2D eigenvalue weighted by molar-refractivity contribution is -0.158. The fraction of sp³-hybridized carbons (Fsp3) is 0.467. The number of benzene rings is 1. The first-order valence-corrected chi connectivity index (χ1v) is 7.30. The molecule has 0 aromatic heterocycles. The minimum Gasteiger partial charge on any atom is -0.458 e. The molecule has 6 heteroatoms. The number of nitrogens with one attached hydrogen (secondary N) is 1. The van der Waals surface area contributed by atoms with Crippen molar-refractivity contribution >= 4 is 35.1 Å². The Morgan fingerprint density at radius 1 is 1.29 bits per heavy atom. The van der Waals surface area contributed by atoms with Crippen LogP contribution in [0.15, 0.2) is 18.2 Å². The molecule has 0 unspecified atom stereocenters. The van der Waals surface area contributed by atoms with Crippen molar-refractivity contribution in [2.24, 2.45) is 0 Å². The van der Waals surface area contributed by atoms with Crippen molar-refractivity contribution in [1.29, 1.82) is 0 Å². The Morgan fingerprint density at radius 2 is 1.90 bits per heavy atom. The summed E-state index contributed by atoms with van der Waals surface area (Å²) < 4.78 is 5.19. The van der Waals surface area contributed by atoms with Crippen LogP contribution in [-0.4, -0.2) is 23.5 Å². The van der Waals surface area contributed by atoms with Crippen molar-refractivity contribution in [1.82, 2.24) is 5.32 Å². The number of carbonyl (C=O) groups is 2. The van der Waals surface area contributed by atoms with Crippen LogP contribution in [-0.2, 0) is 20.7 Å². The van der Waals surface area contributed by atoms with Gasteiger partial charge in [-0.25, -0.2) is 4.79 Å². The number of halogens is 2. The average molecular weight is 332 g/mol. The van der Waals surface area contributed by atoms with E-state index in [1.54, 1.807) is 45.9 Å². The molecule has 1 aromatic rings. The Morgan fingerprint density at radius 3 is 2.43 bits per heavy atom. The zero-order valence-corrected chi connectivity index (χ0v) is 14.0. The van der Waals surface area contributed by atoms with E-state index in [9.17, 15) is 9.59 Å². The zero-order chi connectivity index (χ0) is 16.2. The summed E-state index contributed by atoms with van der Waals surface area (Å²) in [5.41, 5.74) is 0.0604. The number of esters is 1. The topological polar surface area (TPSA) is 55.4 Å². The van der Waals surface area contributed by atoms with Gasteiger partial charge in [0.05, 0.1) is 6.42 Å². The summed E-state index contributed by atoms with van der Waals surface area (Å²) in [5.74, 6) is -0.782. The number of hydrogen-bond acceptors (Lipinski definition) is 3. The van der Waals surface area contributed by atoms with Crippen LogP contribution in [0.4, 0.5) is 0 Å². The Labute approximate surface area is 134 Å². The van der Waals surface area contributed by atoms with Gasteiger partial charge in [0, 0.05) is 10.0 Å². The van der Waals surface area contributed by atoms with E-state index in [1.807, 2.05) is 0 Å². The molecule has 0 aliphatic rings. The SMILES string of the molecule is C[C@@H](NC(=O)Cc1ccc(Cl)cc1Cl)C(=O)OC(C)(C)C. The number of amides is 1. The lowest BCUT2D eigenvalue weighted by atomic mass is 10.1. The molecule has 0 saturated carbocycles. The number of carbonyl (C=O) groups excluding carboxylic acids is 2. The molecule has 1 amide bonds. The van der Waals surface area contributed by atoms with Gasteiger partial charge in [0.1, 0.15) is 11.6 Å². The van der Waals surface area contributed by atoms with Crippen molar-refractivity contribution in [3.8, 4) is 0 Å². The molecule has 0 radical (unpaired) electrons. The second-order valence-corrected chi connectivity index (χ2v) is 6.58. The highest BCUT2D eigenvalue weighted by Crippen LogP contribution is 2.21. The van der Waals surface area contributed by atoms with Crippen LogP contribution >= 0.6 is 23.2 Å². The molecule has 0 saturated heterocycles. The van der Waals surface area contributed by atoms with Crippen LogP contribution in [0.25, 0.3) is 0 Å². The summed E-state index contributed by atoms with van der Waals surface area (Å²) in [7, 11) is 0. The maximum absolute atomic E-state index is 11.9. The van der Waals surface area contributed by atoms with E-state index in [2.05, 4.69) is 5.32 Å². The zero-order valence-electron chi connectivity index (χ0n) is 12.5. The first-order chi connectivity index (χ1) is 9.58. The summed E-state index contributed by atoms with van der Waals surface area (Å²) in [6.45, 7) is 6.89. The lowest BCUT2D eigenvalue weighted by Gasteiger charge is -2.22. The third-order valence-corrected chi connectivity index (χ3v) is 3.09. The monoisotopic (exact) mass is 331 g/mol. The predicted octanol–water partition coefficient (Wildman–Crippen LogP) is 3.38. The van der Waals surface area contributed by atoms with Gasteiger partial charge >= 0.3 is 5.97 Å². The van der Waals surface area contributed by atoms with Crippen molar-refractivity contribution < 1.29 is 14.3 Å². The average Bonchev–Trinajstić information content (AvgIpc) is 2.30. The number of hydrogen-bond donors (Lipinski definition) is 1. The summed E-state index contributed by atoms with van der Waals surface area (Å²) in [5, 5.41) is 3.51. The maximum Gasteiger partial charge on any atom is 0.328 e. The molecule has 1 N–H and O–H groups in total. The van der Waals surface area contributed by atoms with E-state index in [4.69, 9.17) is 27.9 Å². The van der Waals surface area contributed by atoms with Gasteiger partial charge in [-0.2, -0.15) is 0 Å². The van der Waals surface area contributed by atoms with Crippen LogP contribution in [0.3, 0.4) is 0 Å². The molecular weight excluding hydrogens is 313 g/mol. The van der Waals surface area contributed by atoms with Crippen molar-refractivity contribution in [2.45, 2.75) is 45.8 Å². The molecule has 1 atom stereocenters. The maximum atomic E-state index is 11.9. The molecular formula is C15H19Cl2NO3. The van der Waals surface area contributed by atoms with Gasteiger partial charge in [0.2, 0.25) is 5.91 Å². The van der Waals surface area contributed by atoms with Gasteiger partial charge in [0.15, 0.2) is 0 Å². The van der Waals surface area contributed by atoms with Crippen LogP contribution in [0, 0.1) is 0 Å². The van der Waals surface area contributed by atoms with E-state index in [-0.39, 0.29) is 12.3 Å². The first-order valence-electron chi connectivity index (χ1n) is 6.54.